The number of carbonyl (C=O) groups is 1. The number of rotatable bonds is 5. The van der Waals surface area contributed by atoms with Crippen molar-refractivity contribution in [3.8, 4) is 0 Å². The molecule has 0 bridgehead atoms. The smallest absolute Gasteiger partial charge is 0.228 e. The molecule has 2 saturated heterocycles. The average molecular weight is 423 g/mol. The van der Waals surface area contributed by atoms with Gasteiger partial charge in [0.05, 0.1) is 6.20 Å². The van der Waals surface area contributed by atoms with Gasteiger partial charge in [0.25, 0.3) is 0 Å². The summed E-state index contributed by atoms with van der Waals surface area (Å²) in [5.74, 6) is 0.990. The molecule has 1 atom stereocenters. The van der Waals surface area contributed by atoms with Gasteiger partial charge in [0.15, 0.2) is 5.82 Å². The number of benzene rings is 1. The lowest BCUT2D eigenvalue weighted by atomic mass is 9.62. The molecule has 1 amide bonds. The van der Waals surface area contributed by atoms with Gasteiger partial charge in [-0.2, -0.15) is 5.10 Å². The third kappa shape index (κ3) is 3.66. The van der Waals surface area contributed by atoms with E-state index in [0.29, 0.717) is 30.3 Å². The second-order valence-corrected chi connectivity index (χ2v) is 10.8. The molecular formula is C25H34N4O2. The van der Waals surface area contributed by atoms with E-state index in [1.54, 1.807) is 11.1 Å². The third-order valence-electron chi connectivity index (χ3n) is 6.96. The maximum atomic E-state index is 12.6. The molecule has 6 heteroatoms. The number of aliphatic hydroxyl groups is 1. The molecule has 2 aromatic rings. The molecular weight excluding hydrogens is 388 g/mol. The molecule has 1 N–H and O–H groups in total. The Morgan fingerprint density at radius 2 is 1.71 bits per heavy atom. The molecule has 0 saturated carbocycles. The van der Waals surface area contributed by atoms with Crippen LogP contribution >= 0.6 is 0 Å². The van der Waals surface area contributed by atoms with Crippen molar-refractivity contribution in [2.75, 3.05) is 31.6 Å². The maximum absolute atomic E-state index is 12.6. The summed E-state index contributed by atoms with van der Waals surface area (Å²) in [5, 5.41) is 20.8. The van der Waals surface area contributed by atoms with Crippen LogP contribution in [0.15, 0.2) is 36.5 Å². The van der Waals surface area contributed by atoms with Gasteiger partial charge in [-0.1, -0.05) is 58.9 Å². The largest absolute Gasteiger partial charge is 0.380 e. The number of aromatic nitrogens is 2. The highest BCUT2D eigenvalue weighted by Crippen LogP contribution is 2.50. The minimum atomic E-state index is -1.24. The first-order chi connectivity index (χ1) is 14.4. The molecule has 1 aromatic heterocycles. The monoisotopic (exact) mass is 422 g/mol. The standard InChI is InChI=1S/C25H34N4O2/c1-17(2)18-7-9-19(10-8-18)25(31,24(5)15-28(6)16-24)20-11-21(27-26-13-20)29-14-23(3,4)12-22(29)30/h7-11,13,17,31H,12,14-16H2,1-6H3. The van der Waals surface area contributed by atoms with Crippen molar-refractivity contribution in [2.24, 2.45) is 10.8 Å². The highest BCUT2D eigenvalue weighted by atomic mass is 16.3. The summed E-state index contributed by atoms with van der Waals surface area (Å²) in [6.45, 7) is 12.7. The zero-order chi connectivity index (χ0) is 22.6. The van der Waals surface area contributed by atoms with Gasteiger partial charge in [0, 0.05) is 37.0 Å². The van der Waals surface area contributed by atoms with E-state index in [1.807, 2.05) is 18.2 Å². The first-order valence-electron chi connectivity index (χ1n) is 11.1. The SMILES string of the molecule is CC(C)c1ccc(C(O)(c2cnnc(N3CC(C)(C)CC3=O)c2)C2(C)CN(C)C2)cc1. The van der Waals surface area contributed by atoms with Crippen LogP contribution in [0, 0.1) is 10.8 Å². The van der Waals surface area contributed by atoms with E-state index in [9.17, 15) is 9.90 Å². The second-order valence-electron chi connectivity index (χ2n) is 10.8. The van der Waals surface area contributed by atoms with Crippen LogP contribution in [-0.4, -0.2) is 52.8 Å². The topological polar surface area (TPSA) is 69.6 Å². The zero-order valence-electron chi connectivity index (χ0n) is 19.5. The van der Waals surface area contributed by atoms with Crippen LogP contribution in [0.5, 0.6) is 0 Å². The van der Waals surface area contributed by atoms with Gasteiger partial charge < -0.3 is 10.0 Å². The quantitative estimate of drug-likeness (QED) is 0.798. The highest BCUT2D eigenvalue weighted by molar-refractivity contribution is 5.95. The Morgan fingerprint density at radius 3 is 2.23 bits per heavy atom. The molecule has 2 fully saturated rings. The van der Waals surface area contributed by atoms with E-state index in [2.05, 4.69) is 68.9 Å². The molecule has 31 heavy (non-hydrogen) atoms. The van der Waals surface area contributed by atoms with E-state index in [4.69, 9.17) is 0 Å². The molecule has 0 aliphatic carbocycles. The normalized spacial score (nSPS) is 22.5. The summed E-state index contributed by atoms with van der Waals surface area (Å²) >= 11 is 0. The van der Waals surface area contributed by atoms with Crippen LogP contribution in [0.2, 0.25) is 0 Å². The van der Waals surface area contributed by atoms with Crippen molar-refractivity contribution in [1.29, 1.82) is 0 Å². The summed E-state index contributed by atoms with van der Waals surface area (Å²) < 4.78 is 0. The van der Waals surface area contributed by atoms with Crippen molar-refractivity contribution in [1.82, 2.24) is 15.1 Å². The lowest BCUT2D eigenvalue weighted by Gasteiger charge is -2.55. The minimum absolute atomic E-state index is 0.0517. The molecule has 1 aromatic carbocycles. The van der Waals surface area contributed by atoms with E-state index in [0.717, 1.165) is 18.7 Å². The van der Waals surface area contributed by atoms with Gasteiger partial charge in [0.2, 0.25) is 5.91 Å². The summed E-state index contributed by atoms with van der Waals surface area (Å²) in [6, 6.07) is 10.1. The molecule has 2 aliphatic heterocycles. The maximum Gasteiger partial charge on any atom is 0.228 e. The number of anilines is 1. The Kier molecular flexibility index (Phi) is 5.22. The fourth-order valence-corrected chi connectivity index (χ4v) is 5.32. The van der Waals surface area contributed by atoms with E-state index in [-0.39, 0.29) is 16.7 Å². The molecule has 1 unspecified atom stereocenters. The fourth-order valence-electron chi connectivity index (χ4n) is 5.32. The molecule has 0 spiro atoms. The number of hydrogen-bond donors (Lipinski definition) is 1. The number of nitrogens with zero attached hydrogens (tertiary/aromatic N) is 4. The molecule has 4 rings (SSSR count). The Balaban J connectivity index is 1.79. The second kappa shape index (κ2) is 7.38. The van der Waals surface area contributed by atoms with E-state index < -0.39 is 5.60 Å². The van der Waals surface area contributed by atoms with Crippen LogP contribution in [0.25, 0.3) is 0 Å². The third-order valence-corrected chi connectivity index (χ3v) is 6.96. The van der Waals surface area contributed by atoms with Crippen LogP contribution < -0.4 is 4.90 Å². The van der Waals surface area contributed by atoms with Gasteiger partial charge in [0.1, 0.15) is 5.60 Å². The van der Waals surface area contributed by atoms with E-state index in [1.165, 1.54) is 5.56 Å². The minimum Gasteiger partial charge on any atom is -0.380 e. The predicted octanol–water partition coefficient (Wildman–Crippen LogP) is 3.55. The molecule has 166 valence electrons. The molecule has 0 radical (unpaired) electrons. The molecule has 3 heterocycles. The Morgan fingerprint density at radius 1 is 1.06 bits per heavy atom. The summed E-state index contributed by atoms with van der Waals surface area (Å²) in [7, 11) is 2.06. The van der Waals surface area contributed by atoms with Crippen molar-refractivity contribution in [3.05, 3.63) is 53.2 Å². The summed E-state index contributed by atoms with van der Waals surface area (Å²) in [6.07, 6.45) is 2.14. The predicted molar refractivity (Wildman–Crippen MR) is 122 cm³/mol. The van der Waals surface area contributed by atoms with Gasteiger partial charge in [-0.3, -0.25) is 9.69 Å². The van der Waals surface area contributed by atoms with Crippen LogP contribution in [0.4, 0.5) is 5.82 Å². The first-order valence-corrected chi connectivity index (χ1v) is 11.1. The highest BCUT2D eigenvalue weighted by Gasteiger charge is 2.55. The number of likely N-dealkylation sites (tertiary alicyclic amines) is 1. The van der Waals surface area contributed by atoms with Gasteiger partial charge in [-0.25, -0.2) is 0 Å². The van der Waals surface area contributed by atoms with Gasteiger partial charge in [-0.15, -0.1) is 5.10 Å². The van der Waals surface area contributed by atoms with E-state index >= 15 is 0 Å². The van der Waals surface area contributed by atoms with Gasteiger partial charge in [-0.05, 0) is 35.6 Å². The first kappa shape index (κ1) is 21.9. The Labute approximate surface area is 185 Å². The van der Waals surface area contributed by atoms with Gasteiger partial charge >= 0.3 is 0 Å². The summed E-state index contributed by atoms with van der Waals surface area (Å²) in [4.78, 5) is 16.5. The van der Waals surface area contributed by atoms with Crippen LogP contribution in [0.1, 0.15) is 63.6 Å². The Bertz CT molecular complexity index is 979. The van der Waals surface area contributed by atoms with Crippen LogP contribution in [0.3, 0.4) is 0 Å². The van der Waals surface area contributed by atoms with Crippen molar-refractivity contribution >= 4 is 11.7 Å². The van der Waals surface area contributed by atoms with Crippen molar-refractivity contribution in [2.45, 2.75) is 52.6 Å². The lowest BCUT2D eigenvalue weighted by Crippen LogP contribution is -2.63. The zero-order valence-corrected chi connectivity index (χ0v) is 19.5. The fraction of sp³-hybridized carbons (Fsp3) is 0.560. The molecule has 2 aliphatic rings. The molecule has 6 nitrogen and oxygen atoms in total. The van der Waals surface area contributed by atoms with Crippen LogP contribution in [-0.2, 0) is 10.4 Å². The number of hydrogen-bond acceptors (Lipinski definition) is 5. The lowest BCUT2D eigenvalue weighted by molar-refractivity contribution is -0.127. The van der Waals surface area contributed by atoms with Crippen molar-refractivity contribution < 1.29 is 9.90 Å². The average Bonchev–Trinajstić information content (AvgIpc) is 2.98. The number of amides is 1. The van der Waals surface area contributed by atoms with Crippen molar-refractivity contribution in [3.63, 3.8) is 0 Å². The Hall–Kier alpha value is -2.31. The number of carbonyl (C=O) groups excluding carboxylic acids is 1. The summed E-state index contributed by atoms with van der Waals surface area (Å²) in [5.41, 5.74) is 1.05.